The maximum Gasteiger partial charge on any atom is 0.329 e. The Bertz CT molecular complexity index is 495. The van der Waals surface area contributed by atoms with Crippen LogP contribution in [0.1, 0.15) is 25.8 Å². The molecule has 0 aromatic carbocycles. The van der Waals surface area contributed by atoms with E-state index in [0.29, 0.717) is 18.5 Å². The first-order valence-electron chi connectivity index (χ1n) is 5.55. The summed E-state index contributed by atoms with van der Waals surface area (Å²) in [6.07, 6.45) is 3.36. The van der Waals surface area contributed by atoms with Crippen molar-refractivity contribution < 1.29 is 0 Å². The van der Waals surface area contributed by atoms with Crippen molar-refractivity contribution in [3.05, 3.63) is 31.6 Å². The highest BCUT2D eigenvalue weighted by Gasteiger charge is 2.13. The van der Waals surface area contributed by atoms with Gasteiger partial charge >= 0.3 is 5.69 Å². The lowest BCUT2D eigenvalue weighted by molar-refractivity contribution is 0.615. The molecule has 1 atom stereocenters. The number of aromatic amines is 1. The van der Waals surface area contributed by atoms with Crippen LogP contribution >= 0.6 is 23.4 Å². The van der Waals surface area contributed by atoms with E-state index in [2.05, 4.69) is 4.98 Å². The molecule has 1 rings (SSSR count). The van der Waals surface area contributed by atoms with Gasteiger partial charge in [0.2, 0.25) is 0 Å². The van der Waals surface area contributed by atoms with Gasteiger partial charge in [-0.3, -0.25) is 14.3 Å². The summed E-state index contributed by atoms with van der Waals surface area (Å²) < 4.78 is 1.23. The number of H-pyrrole nitrogens is 1. The molecule has 0 saturated carbocycles. The summed E-state index contributed by atoms with van der Waals surface area (Å²) in [4.78, 5) is 26.3. The molecule has 6 heteroatoms. The van der Waals surface area contributed by atoms with Crippen LogP contribution in [0, 0.1) is 0 Å². The highest BCUT2D eigenvalue weighted by Crippen LogP contribution is 2.10. The summed E-state index contributed by atoms with van der Waals surface area (Å²) in [7, 11) is 0. The average molecular weight is 277 g/mol. The van der Waals surface area contributed by atoms with Crippen LogP contribution in [0.25, 0.3) is 0 Å². The van der Waals surface area contributed by atoms with E-state index in [1.165, 1.54) is 4.57 Å². The van der Waals surface area contributed by atoms with Crippen LogP contribution in [0.5, 0.6) is 0 Å². The fourth-order valence-electron chi connectivity index (χ4n) is 1.55. The van der Waals surface area contributed by atoms with Gasteiger partial charge < -0.3 is 0 Å². The van der Waals surface area contributed by atoms with E-state index < -0.39 is 5.69 Å². The van der Waals surface area contributed by atoms with E-state index in [1.807, 2.05) is 20.1 Å². The molecule has 1 N–H and O–H groups in total. The van der Waals surface area contributed by atoms with Crippen molar-refractivity contribution in [3.63, 3.8) is 0 Å². The van der Waals surface area contributed by atoms with E-state index in [9.17, 15) is 9.59 Å². The summed E-state index contributed by atoms with van der Waals surface area (Å²) in [6, 6.07) is 0. The van der Waals surface area contributed by atoms with Crippen molar-refractivity contribution in [2.45, 2.75) is 38.5 Å². The maximum atomic E-state index is 12.1. The molecule has 1 aromatic rings. The van der Waals surface area contributed by atoms with Gasteiger partial charge in [-0.05, 0) is 12.7 Å². The van der Waals surface area contributed by atoms with E-state index in [1.54, 1.807) is 11.8 Å². The molecular weight excluding hydrogens is 260 g/mol. The number of rotatable bonds is 5. The minimum atomic E-state index is -0.430. The zero-order valence-corrected chi connectivity index (χ0v) is 11.8. The summed E-state index contributed by atoms with van der Waals surface area (Å²) >= 11 is 7.50. The molecule has 0 aliphatic heterocycles. The van der Waals surface area contributed by atoms with Crippen LogP contribution in [-0.2, 0) is 13.0 Å². The number of nitrogens with one attached hydrogen (secondary N) is 1. The SMILES string of the molecule is CCCc1c(Cl)[nH]c(=O)n(CC(C)SC)c1=O. The van der Waals surface area contributed by atoms with Gasteiger partial charge in [0.15, 0.2) is 0 Å². The number of halogens is 1. The molecule has 1 aromatic heterocycles. The van der Waals surface area contributed by atoms with Gasteiger partial charge in [-0.2, -0.15) is 11.8 Å². The Balaban J connectivity index is 3.26. The molecule has 1 unspecified atom stereocenters. The molecule has 0 saturated heterocycles. The van der Waals surface area contributed by atoms with Crippen LogP contribution < -0.4 is 11.2 Å². The summed E-state index contributed by atoms with van der Waals surface area (Å²) in [6.45, 7) is 4.35. The Morgan fingerprint density at radius 2 is 2.12 bits per heavy atom. The fourth-order valence-corrected chi connectivity index (χ4v) is 2.10. The third-order valence-corrected chi connectivity index (χ3v) is 3.85. The predicted molar refractivity (Wildman–Crippen MR) is 73.3 cm³/mol. The van der Waals surface area contributed by atoms with E-state index in [4.69, 9.17) is 11.6 Å². The number of nitrogens with zero attached hydrogens (tertiary/aromatic N) is 1. The van der Waals surface area contributed by atoms with Crippen LogP contribution in [0.3, 0.4) is 0 Å². The van der Waals surface area contributed by atoms with Gasteiger partial charge in [0.1, 0.15) is 5.15 Å². The van der Waals surface area contributed by atoms with Crippen LogP contribution in [0.2, 0.25) is 5.15 Å². The van der Waals surface area contributed by atoms with Crippen molar-refractivity contribution in [1.82, 2.24) is 9.55 Å². The largest absolute Gasteiger partial charge is 0.329 e. The first-order valence-corrected chi connectivity index (χ1v) is 7.22. The average Bonchev–Trinajstić information content (AvgIpc) is 2.29. The Hall–Kier alpha value is -0.680. The van der Waals surface area contributed by atoms with Gasteiger partial charge in [-0.25, -0.2) is 4.79 Å². The monoisotopic (exact) mass is 276 g/mol. The van der Waals surface area contributed by atoms with Crippen LogP contribution in [0.15, 0.2) is 9.59 Å². The molecule has 4 nitrogen and oxygen atoms in total. The quantitative estimate of drug-likeness (QED) is 0.836. The lowest BCUT2D eigenvalue weighted by Gasteiger charge is -2.11. The van der Waals surface area contributed by atoms with Gasteiger partial charge in [0, 0.05) is 11.8 Å². The second kappa shape index (κ2) is 6.31. The number of hydrogen-bond donors (Lipinski definition) is 1. The van der Waals surface area contributed by atoms with Gasteiger partial charge in [-0.1, -0.05) is 31.9 Å². The predicted octanol–water partition coefficient (Wildman–Crippen LogP) is 1.89. The Morgan fingerprint density at radius 1 is 1.47 bits per heavy atom. The molecule has 17 heavy (non-hydrogen) atoms. The zero-order valence-electron chi connectivity index (χ0n) is 10.2. The first-order chi connectivity index (χ1) is 8.01. The molecule has 0 aliphatic carbocycles. The summed E-state index contributed by atoms with van der Waals surface area (Å²) in [5.41, 5.74) is -0.190. The van der Waals surface area contributed by atoms with Gasteiger partial charge in [-0.15, -0.1) is 0 Å². The second-order valence-corrected chi connectivity index (χ2v) is 5.59. The highest BCUT2D eigenvalue weighted by molar-refractivity contribution is 7.99. The smallest absolute Gasteiger partial charge is 0.297 e. The molecule has 0 amide bonds. The summed E-state index contributed by atoms with van der Waals surface area (Å²) in [5, 5.41) is 0.388. The molecule has 0 radical (unpaired) electrons. The van der Waals surface area contributed by atoms with Crippen LogP contribution in [0.4, 0.5) is 0 Å². The van der Waals surface area contributed by atoms with Gasteiger partial charge in [0.05, 0.1) is 5.56 Å². The molecule has 0 fully saturated rings. The minimum absolute atomic E-state index is 0.176. The number of hydrogen-bond acceptors (Lipinski definition) is 3. The van der Waals surface area contributed by atoms with Crippen molar-refractivity contribution in [1.29, 1.82) is 0 Å². The van der Waals surface area contributed by atoms with Crippen molar-refractivity contribution in [2.24, 2.45) is 0 Å². The Kier molecular flexibility index (Phi) is 5.33. The van der Waals surface area contributed by atoms with Crippen molar-refractivity contribution >= 4 is 23.4 Å². The van der Waals surface area contributed by atoms with E-state index in [-0.39, 0.29) is 16.0 Å². The molecule has 96 valence electrons. The third kappa shape index (κ3) is 3.39. The standard InChI is InChI=1S/C11H17ClN2O2S/c1-4-5-8-9(12)13-11(16)14(10(8)15)6-7(2)17-3/h7H,4-6H2,1-3H3,(H,13,16). The molecule has 0 bridgehead atoms. The number of thioether (sulfide) groups is 1. The lowest BCUT2D eigenvalue weighted by atomic mass is 10.2. The lowest BCUT2D eigenvalue weighted by Crippen LogP contribution is -2.39. The van der Waals surface area contributed by atoms with E-state index in [0.717, 1.165) is 6.42 Å². The molecule has 1 heterocycles. The van der Waals surface area contributed by atoms with Crippen LogP contribution in [-0.4, -0.2) is 21.1 Å². The maximum absolute atomic E-state index is 12.1. The Morgan fingerprint density at radius 3 is 2.65 bits per heavy atom. The molecule has 0 spiro atoms. The molecular formula is C11H17ClN2O2S. The topological polar surface area (TPSA) is 54.9 Å². The second-order valence-electron chi connectivity index (χ2n) is 3.93. The van der Waals surface area contributed by atoms with Gasteiger partial charge in [0.25, 0.3) is 5.56 Å². The number of aromatic nitrogens is 2. The van der Waals surface area contributed by atoms with Crippen molar-refractivity contribution in [3.8, 4) is 0 Å². The van der Waals surface area contributed by atoms with E-state index >= 15 is 0 Å². The minimum Gasteiger partial charge on any atom is -0.297 e. The first kappa shape index (κ1) is 14.4. The highest BCUT2D eigenvalue weighted by atomic mass is 35.5. The Labute approximate surface area is 109 Å². The van der Waals surface area contributed by atoms with Crippen molar-refractivity contribution in [2.75, 3.05) is 6.26 Å². The zero-order chi connectivity index (χ0) is 13.0. The normalized spacial score (nSPS) is 12.7. The molecule has 0 aliphatic rings. The third-order valence-electron chi connectivity index (χ3n) is 2.57. The fraction of sp³-hybridized carbons (Fsp3) is 0.636. The summed E-state index contributed by atoms with van der Waals surface area (Å²) in [5.74, 6) is 0.